The maximum absolute atomic E-state index is 13.9. The topological polar surface area (TPSA) is 120 Å². The minimum atomic E-state index is -0.180. The van der Waals surface area contributed by atoms with Crippen LogP contribution >= 0.6 is 23.4 Å². The molecule has 2 aromatic rings. The first kappa shape index (κ1) is 45.3. The summed E-state index contributed by atoms with van der Waals surface area (Å²) in [5.74, 6) is 2.50. The minimum Gasteiger partial charge on any atom is -0.490 e. The van der Waals surface area contributed by atoms with Gasteiger partial charge in [0.1, 0.15) is 17.9 Å². The second-order valence-corrected chi connectivity index (χ2v) is 21.9. The number of nitriles is 1. The summed E-state index contributed by atoms with van der Waals surface area (Å²) in [5, 5.41) is 16.7. The van der Waals surface area contributed by atoms with E-state index in [1.807, 2.05) is 6.07 Å². The largest absolute Gasteiger partial charge is 0.490 e. The molecule has 0 aromatic heterocycles. The molecule has 2 saturated carbocycles. The van der Waals surface area contributed by atoms with Crippen LogP contribution in [-0.4, -0.2) is 93.9 Å². The van der Waals surface area contributed by atoms with E-state index in [9.17, 15) is 10.1 Å². The van der Waals surface area contributed by atoms with Gasteiger partial charge in [-0.3, -0.25) is 14.7 Å². The van der Waals surface area contributed by atoms with Gasteiger partial charge in [-0.1, -0.05) is 70.2 Å². The SMILES string of the molecule is CC[C@@H]1N=C(c2ccc(N3CCC(CC4CCC(C(=O)NC5CCC(Oc6ccc(C#N)c(Cl)c6)CC5)NN4C4CCCCCC4)CC3)cc2)C2C(C)C(C)SC2N2C(C)NNC12. The van der Waals surface area contributed by atoms with E-state index in [4.69, 9.17) is 21.3 Å². The smallest absolute Gasteiger partial charge is 0.238 e. The third kappa shape index (κ3) is 9.96. The molecule has 8 unspecified atom stereocenters. The zero-order valence-corrected chi connectivity index (χ0v) is 39.7. The van der Waals surface area contributed by atoms with E-state index in [2.05, 4.69) is 106 Å². The summed E-state index contributed by atoms with van der Waals surface area (Å²) < 4.78 is 6.23. The lowest BCUT2D eigenvalue weighted by atomic mass is 9.84. The van der Waals surface area contributed by atoms with Gasteiger partial charge in [0.05, 0.1) is 40.4 Å². The molecule has 9 rings (SSSR count). The van der Waals surface area contributed by atoms with Gasteiger partial charge in [-0.2, -0.15) is 5.26 Å². The van der Waals surface area contributed by atoms with Crippen molar-refractivity contribution in [2.75, 3.05) is 18.0 Å². The van der Waals surface area contributed by atoms with Crippen LogP contribution in [-0.2, 0) is 4.79 Å². The summed E-state index contributed by atoms with van der Waals surface area (Å²) >= 11 is 8.38. The number of benzene rings is 2. The highest BCUT2D eigenvalue weighted by atomic mass is 35.5. The number of ether oxygens (including phenoxy) is 1. The normalized spacial score (nSPS) is 34.9. The van der Waals surface area contributed by atoms with E-state index in [1.54, 1.807) is 12.1 Å². The van der Waals surface area contributed by atoms with Crippen molar-refractivity contribution in [2.45, 2.75) is 190 Å². The predicted molar refractivity (Wildman–Crippen MR) is 256 cm³/mol. The summed E-state index contributed by atoms with van der Waals surface area (Å²) in [7, 11) is 0. The van der Waals surface area contributed by atoms with Crippen molar-refractivity contribution in [2.24, 2.45) is 22.7 Å². The predicted octanol–water partition coefficient (Wildman–Crippen LogP) is 8.76. The fourth-order valence-electron chi connectivity index (χ4n) is 12.1. The Hall–Kier alpha value is -2.89. The third-order valence-corrected chi connectivity index (χ3v) is 18.0. The van der Waals surface area contributed by atoms with Gasteiger partial charge in [0, 0.05) is 59.8 Å². The number of amides is 1. The van der Waals surface area contributed by atoms with Crippen LogP contribution in [0.5, 0.6) is 5.75 Å². The lowest BCUT2D eigenvalue weighted by Gasteiger charge is -2.46. The van der Waals surface area contributed by atoms with Gasteiger partial charge in [0.25, 0.3) is 0 Å². The van der Waals surface area contributed by atoms with Crippen molar-refractivity contribution in [1.82, 2.24) is 31.5 Å². The summed E-state index contributed by atoms with van der Waals surface area (Å²) in [6.07, 6.45) is 18.4. The number of halogens is 1. The van der Waals surface area contributed by atoms with Gasteiger partial charge >= 0.3 is 0 Å². The van der Waals surface area contributed by atoms with Crippen LogP contribution in [0.1, 0.15) is 142 Å². The van der Waals surface area contributed by atoms with Crippen molar-refractivity contribution < 1.29 is 9.53 Å². The minimum absolute atomic E-state index is 0.0834. The molecule has 4 saturated heterocycles. The van der Waals surface area contributed by atoms with E-state index < -0.39 is 0 Å². The molecule has 342 valence electrons. The van der Waals surface area contributed by atoms with Crippen LogP contribution in [0.4, 0.5) is 5.69 Å². The second-order valence-electron chi connectivity index (χ2n) is 20.0. The quantitative estimate of drug-likeness (QED) is 0.173. The van der Waals surface area contributed by atoms with Crippen molar-refractivity contribution >= 4 is 40.7 Å². The Morgan fingerprint density at radius 1 is 0.937 bits per heavy atom. The molecule has 9 atom stereocenters. The van der Waals surface area contributed by atoms with Crippen LogP contribution in [0.3, 0.4) is 0 Å². The molecule has 5 aliphatic heterocycles. The summed E-state index contributed by atoms with van der Waals surface area (Å²) in [6, 6.07) is 18.0. The van der Waals surface area contributed by atoms with E-state index in [0.717, 1.165) is 58.0 Å². The molecule has 11 nitrogen and oxygen atoms in total. The highest BCUT2D eigenvalue weighted by Crippen LogP contribution is 2.49. The van der Waals surface area contributed by atoms with E-state index in [-0.39, 0.29) is 42.5 Å². The monoisotopic (exact) mass is 898 g/mol. The first-order valence-electron chi connectivity index (χ1n) is 24.8. The Bertz CT molecular complexity index is 1940. The maximum atomic E-state index is 13.9. The number of hydrogen-bond acceptors (Lipinski definition) is 11. The molecule has 1 amide bonds. The number of thioether (sulfide) groups is 1. The number of piperidine rings is 1. The molecule has 4 N–H and O–H groups in total. The number of rotatable bonds is 10. The highest BCUT2D eigenvalue weighted by Gasteiger charge is 2.53. The second kappa shape index (κ2) is 20.3. The molecule has 2 aliphatic carbocycles. The Balaban J connectivity index is 0.789. The molecule has 13 heteroatoms. The Labute approximate surface area is 386 Å². The average molecular weight is 899 g/mol. The zero-order chi connectivity index (χ0) is 43.6. The van der Waals surface area contributed by atoms with Crippen molar-refractivity contribution in [3.63, 3.8) is 0 Å². The Kier molecular flexibility index (Phi) is 14.6. The van der Waals surface area contributed by atoms with Gasteiger partial charge < -0.3 is 15.0 Å². The lowest BCUT2D eigenvalue weighted by Crippen LogP contribution is -2.63. The fraction of sp³-hybridized carbons (Fsp3) is 0.700. The average Bonchev–Trinajstić information content (AvgIpc) is 3.60. The number of carbonyl (C=O) groups is 1. The summed E-state index contributed by atoms with van der Waals surface area (Å²) in [5.41, 5.74) is 15.4. The van der Waals surface area contributed by atoms with Crippen molar-refractivity contribution in [1.29, 1.82) is 5.26 Å². The fourth-order valence-corrected chi connectivity index (χ4v) is 14.2. The van der Waals surface area contributed by atoms with Crippen LogP contribution < -0.4 is 31.2 Å². The van der Waals surface area contributed by atoms with E-state index in [0.29, 0.717) is 56.8 Å². The molecular weight excluding hydrogens is 826 g/mol. The molecule has 63 heavy (non-hydrogen) atoms. The molecular formula is C50H72ClN9O2S. The van der Waals surface area contributed by atoms with Crippen LogP contribution in [0.2, 0.25) is 5.02 Å². The number of hydrogen-bond donors (Lipinski definition) is 4. The molecule has 6 fully saturated rings. The molecule has 7 aliphatic rings. The zero-order valence-electron chi connectivity index (χ0n) is 38.1. The molecule has 0 bridgehead atoms. The van der Waals surface area contributed by atoms with E-state index >= 15 is 0 Å². The number of fused-ring (bicyclic) bond motifs is 3. The number of anilines is 1. The standard InChI is InChI=1S/C50H72ClN9O2S/c1-5-44-48-56-55-33(4)59(48)50-46(31(2)32(3)63-50)47(54-44)35-12-17-38(18-13-35)58-26-24-34(25-27-58)28-40-19-23-45(57-60(40)39-10-8-6-7-9-11-39)49(61)53-37-15-21-41(22-16-37)62-42-20-14-36(30-52)43(51)29-42/h12-14,17-18,20,29,31-34,37,39-41,44-46,48,50,55-57H,5-11,15-16,19,21-28H2,1-4H3,(H,53,61)/t31?,32?,33?,37?,40?,41?,44-,45?,46?,48?,50?/m0/s1. The maximum Gasteiger partial charge on any atom is 0.238 e. The van der Waals surface area contributed by atoms with Crippen LogP contribution in [0.15, 0.2) is 47.5 Å². The number of nitrogens with zero attached hydrogens (tertiary/aromatic N) is 5. The van der Waals surface area contributed by atoms with Crippen molar-refractivity contribution in [3.8, 4) is 11.8 Å². The molecule has 5 heterocycles. The molecule has 2 aromatic carbocycles. The van der Waals surface area contributed by atoms with Crippen LogP contribution in [0.25, 0.3) is 0 Å². The van der Waals surface area contributed by atoms with Crippen LogP contribution in [0, 0.1) is 29.1 Å². The summed E-state index contributed by atoms with van der Waals surface area (Å²) in [4.78, 5) is 24.8. The lowest BCUT2D eigenvalue weighted by molar-refractivity contribution is -0.129. The molecule has 0 radical (unpaired) electrons. The van der Waals surface area contributed by atoms with Gasteiger partial charge in [-0.25, -0.2) is 21.3 Å². The number of carbonyl (C=O) groups excluding carboxylic acids is 1. The number of nitrogens with one attached hydrogen (secondary N) is 4. The Morgan fingerprint density at radius 3 is 2.38 bits per heavy atom. The van der Waals surface area contributed by atoms with E-state index in [1.165, 1.54) is 74.7 Å². The first-order valence-corrected chi connectivity index (χ1v) is 26.1. The van der Waals surface area contributed by atoms with Crippen molar-refractivity contribution in [3.05, 3.63) is 58.6 Å². The number of hydrazine groups is 2. The Morgan fingerprint density at radius 2 is 1.68 bits per heavy atom. The third-order valence-electron chi connectivity index (χ3n) is 16.0. The van der Waals surface area contributed by atoms with Gasteiger partial charge in [0.15, 0.2) is 0 Å². The van der Waals surface area contributed by atoms with Gasteiger partial charge in [0.2, 0.25) is 5.91 Å². The first-order chi connectivity index (χ1) is 30.7. The highest BCUT2D eigenvalue weighted by molar-refractivity contribution is 8.00. The van der Waals surface area contributed by atoms with Gasteiger partial charge in [-0.05, 0) is 126 Å². The molecule has 0 spiro atoms. The van der Waals surface area contributed by atoms with Gasteiger partial charge in [-0.15, -0.1) is 11.8 Å². The number of aliphatic imine (C=N–C) groups is 1. The summed E-state index contributed by atoms with van der Waals surface area (Å²) in [6.45, 7) is 11.6.